The van der Waals surface area contributed by atoms with Gasteiger partial charge >= 0.3 is 0 Å². The fourth-order valence-electron chi connectivity index (χ4n) is 2.62. The van der Waals surface area contributed by atoms with E-state index < -0.39 is 47.7 Å². The van der Waals surface area contributed by atoms with E-state index in [2.05, 4.69) is 16.0 Å². The molecule has 0 aliphatic carbocycles. The molecular weight excluding hydrogens is 378 g/mol. The standard InChI is InChI=1S/C19H29N5O5/c1-5-11(2)16(17(20)27)23-18(28)12(3)21-19(29)14(22-13(4)25)10-15(26)24-8-6-7-9-24/h6-9,11-12,14,16H,5,10H2,1-4H3,(H2,20,27)(H,21,29)(H,22,25)(H,23,28)/t11-,12-,14-,16-/m0/s1. The number of nitrogens with one attached hydrogen (secondary N) is 3. The first-order valence-electron chi connectivity index (χ1n) is 9.40. The van der Waals surface area contributed by atoms with E-state index in [1.807, 2.05) is 6.92 Å². The number of nitrogens with two attached hydrogens (primary N) is 1. The summed E-state index contributed by atoms with van der Waals surface area (Å²) in [5.41, 5.74) is 5.34. The molecule has 10 heteroatoms. The molecule has 0 saturated carbocycles. The van der Waals surface area contributed by atoms with Crippen LogP contribution in [0.5, 0.6) is 0 Å². The van der Waals surface area contributed by atoms with E-state index in [1.165, 1.54) is 30.8 Å². The molecule has 1 rings (SSSR count). The molecule has 1 aromatic rings. The van der Waals surface area contributed by atoms with Crippen molar-refractivity contribution in [2.75, 3.05) is 0 Å². The second kappa shape index (κ2) is 11.0. The number of carbonyl (C=O) groups is 5. The van der Waals surface area contributed by atoms with E-state index in [1.54, 1.807) is 19.1 Å². The molecule has 0 aromatic carbocycles. The third-order valence-corrected chi connectivity index (χ3v) is 4.53. The van der Waals surface area contributed by atoms with Crippen molar-refractivity contribution in [3.63, 3.8) is 0 Å². The molecule has 1 aromatic heterocycles. The van der Waals surface area contributed by atoms with Crippen LogP contribution < -0.4 is 21.7 Å². The first-order chi connectivity index (χ1) is 13.6. The van der Waals surface area contributed by atoms with Gasteiger partial charge in [0, 0.05) is 19.3 Å². The fraction of sp³-hybridized carbons (Fsp3) is 0.526. The zero-order chi connectivity index (χ0) is 22.1. The Morgan fingerprint density at radius 1 is 0.966 bits per heavy atom. The van der Waals surface area contributed by atoms with Crippen LogP contribution in [0.1, 0.15) is 45.3 Å². The lowest BCUT2D eigenvalue weighted by molar-refractivity contribution is -0.133. The van der Waals surface area contributed by atoms with Gasteiger partial charge in [-0.3, -0.25) is 28.5 Å². The topological polar surface area (TPSA) is 152 Å². The zero-order valence-corrected chi connectivity index (χ0v) is 17.1. The molecule has 0 unspecified atom stereocenters. The van der Waals surface area contributed by atoms with Crippen LogP contribution in [0, 0.1) is 5.92 Å². The SMILES string of the molecule is CC[C@H](C)[C@H](NC(=O)[C@H](C)NC(=O)[C@H](CC(=O)n1cccc1)NC(C)=O)C(N)=O. The molecule has 0 radical (unpaired) electrons. The molecule has 0 aliphatic heterocycles. The monoisotopic (exact) mass is 407 g/mol. The minimum absolute atomic E-state index is 0.175. The molecule has 0 bridgehead atoms. The smallest absolute Gasteiger partial charge is 0.243 e. The normalized spacial score (nSPS) is 14.8. The van der Waals surface area contributed by atoms with Gasteiger partial charge < -0.3 is 21.7 Å². The zero-order valence-electron chi connectivity index (χ0n) is 17.1. The molecular formula is C19H29N5O5. The van der Waals surface area contributed by atoms with Crippen molar-refractivity contribution in [2.24, 2.45) is 11.7 Å². The van der Waals surface area contributed by atoms with Crippen molar-refractivity contribution >= 4 is 29.5 Å². The molecule has 5 N–H and O–H groups in total. The highest BCUT2D eigenvalue weighted by atomic mass is 16.2. The largest absolute Gasteiger partial charge is 0.368 e. The van der Waals surface area contributed by atoms with Crippen LogP contribution in [0.15, 0.2) is 24.5 Å². The summed E-state index contributed by atoms with van der Waals surface area (Å²) >= 11 is 0. The number of primary amides is 1. The summed E-state index contributed by atoms with van der Waals surface area (Å²) in [6.45, 7) is 6.29. The van der Waals surface area contributed by atoms with Gasteiger partial charge in [-0.2, -0.15) is 0 Å². The molecule has 0 fully saturated rings. The van der Waals surface area contributed by atoms with Crippen molar-refractivity contribution in [2.45, 2.75) is 58.7 Å². The molecule has 4 amide bonds. The van der Waals surface area contributed by atoms with Crippen LogP contribution in [0.4, 0.5) is 0 Å². The Bertz CT molecular complexity index is 746. The second-order valence-electron chi connectivity index (χ2n) is 6.95. The first-order valence-corrected chi connectivity index (χ1v) is 9.40. The summed E-state index contributed by atoms with van der Waals surface area (Å²) in [4.78, 5) is 60.2. The number of rotatable bonds is 10. The maximum atomic E-state index is 12.5. The Morgan fingerprint density at radius 2 is 1.55 bits per heavy atom. The molecule has 160 valence electrons. The van der Waals surface area contributed by atoms with Gasteiger partial charge in [0.2, 0.25) is 29.5 Å². The Morgan fingerprint density at radius 3 is 2.03 bits per heavy atom. The van der Waals surface area contributed by atoms with Gasteiger partial charge in [-0.1, -0.05) is 20.3 Å². The van der Waals surface area contributed by atoms with Crippen LogP contribution in [-0.4, -0.2) is 52.2 Å². The highest BCUT2D eigenvalue weighted by Gasteiger charge is 2.29. The quantitative estimate of drug-likeness (QED) is 0.414. The summed E-state index contributed by atoms with van der Waals surface area (Å²) < 4.78 is 1.29. The van der Waals surface area contributed by atoms with Gasteiger partial charge in [0.1, 0.15) is 18.1 Å². The number of hydrogen-bond donors (Lipinski definition) is 4. The Hall–Kier alpha value is -3.17. The van der Waals surface area contributed by atoms with Crippen molar-refractivity contribution in [1.29, 1.82) is 0 Å². The van der Waals surface area contributed by atoms with E-state index in [4.69, 9.17) is 5.73 Å². The molecule has 0 aliphatic rings. The van der Waals surface area contributed by atoms with Crippen LogP contribution >= 0.6 is 0 Å². The third kappa shape index (κ3) is 7.40. The van der Waals surface area contributed by atoms with Crippen LogP contribution in [0.2, 0.25) is 0 Å². The van der Waals surface area contributed by atoms with Gasteiger partial charge in [-0.15, -0.1) is 0 Å². The number of amides is 4. The molecule has 29 heavy (non-hydrogen) atoms. The van der Waals surface area contributed by atoms with E-state index in [0.717, 1.165) is 0 Å². The molecule has 0 spiro atoms. The molecule has 0 saturated heterocycles. The highest BCUT2D eigenvalue weighted by Crippen LogP contribution is 2.07. The summed E-state index contributed by atoms with van der Waals surface area (Å²) in [7, 11) is 0. The lowest BCUT2D eigenvalue weighted by Gasteiger charge is -2.24. The Kier molecular flexibility index (Phi) is 9.04. The predicted molar refractivity (Wildman–Crippen MR) is 105 cm³/mol. The van der Waals surface area contributed by atoms with Crippen molar-refractivity contribution in [3.05, 3.63) is 24.5 Å². The van der Waals surface area contributed by atoms with Gasteiger partial charge in [-0.25, -0.2) is 0 Å². The summed E-state index contributed by atoms with van der Waals surface area (Å²) in [5.74, 6) is -3.02. The van der Waals surface area contributed by atoms with Gasteiger partial charge in [0.05, 0.1) is 6.42 Å². The van der Waals surface area contributed by atoms with Gasteiger partial charge in [0.25, 0.3) is 0 Å². The lowest BCUT2D eigenvalue weighted by Crippen LogP contribution is -2.56. The summed E-state index contributed by atoms with van der Waals surface area (Å²) in [6, 6.07) is 0.285. The van der Waals surface area contributed by atoms with Crippen molar-refractivity contribution < 1.29 is 24.0 Å². The fourth-order valence-corrected chi connectivity index (χ4v) is 2.62. The van der Waals surface area contributed by atoms with E-state index >= 15 is 0 Å². The first kappa shape index (κ1) is 23.9. The number of carbonyl (C=O) groups excluding carboxylic acids is 5. The number of nitrogens with zero attached hydrogens (tertiary/aromatic N) is 1. The van der Waals surface area contributed by atoms with Crippen molar-refractivity contribution in [1.82, 2.24) is 20.5 Å². The van der Waals surface area contributed by atoms with E-state index in [-0.39, 0.29) is 12.3 Å². The molecule has 1 heterocycles. The molecule has 4 atom stereocenters. The Labute approximate surface area is 169 Å². The average Bonchev–Trinajstić information content (AvgIpc) is 3.18. The maximum Gasteiger partial charge on any atom is 0.243 e. The van der Waals surface area contributed by atoms with Crippen molar-refractivity contribution in [3.8, 4) is 0 Å². The predicted octanol–water partition coefficient (Wildman–Crippen LogP) is -0.456. The highest BCUT2D eigenvalue weighted by molar-refractivity contribution is 5.95. The van der Waals surface area contributed by atoms with Crippen LogP contribution in [0.25, 0.3) is 0 Å². The maximum absolute atomic E-state index is 12.5. The third-order valence-electron chi connectivity index (χ3n) is 4.53. The summed E-state index contributed by atoms with van der Waals surface area (Å²) in [6.07, 6.45) is 3.39. The van der Waals surface area contributed by atoms with Gasteiger partial charge in [0.15, 0.2) is 0 Å². The Balaban J connectivity index is 2.78. The van der Waals surface area contributed by atoms with E-state index in [0.29, 0.717) is 6.42 Å². The average molecular weight is 407 g/mol. The number of hydrogen-bond acceptors (Lipinski definition) is 5. The summed E-state index contributed by atoms with van der Waals surface area (Å²) in [5, 5.41) is 7.40. The van der Waals surface area contributed by atoms with Crippen LogP contribution in [0.3, 0.4) is 0 Å². The second-order valence-corrected chi connectivity index (χ2v) is 6.95. The van der Waals surface area contributed by atoms with Gasteiger partial charge in [-0.05, 0) is 25.0 Å². The minimum atomic E-state index is -1.15. The number of aromatic nitrogens is 1. The minimum Gasteiger partial charge on any atom is -0.368 e. The lowest BCUT2D eigenvalue weighted by atomic mass is 9.98. The van der Waals surface area contributed by atoms with E-state index in [9.17, 15) is 24.0 Å². The van der Waals surface area contributed by atoms with Crippen LogP contribution in [-0.2, 0) is 19.2 Å². The molecule has 10 nitrogen and oxygen atoms in total.